The molecule has 28 heavy (non-hydrogen) atoms. The summed E-state index contributed by atoms with van der Waals surface area (Å²) in [6, 6.07) is 14.9. The normalized spacial score (nSPS) is 12.8. The fraction of sp³-hybridized carbons (Fsp3) is 0.364. The third-order valence-corrected chi connectivity index (χ3v) is 5.65. The molecule has 0 bridgehead atoms. The highest BCUT2D eigenvalue weighted by molar-refractivity contribution is 7.98. The van der Waals surface area contributed by atoms with Crippen molar-refractivity contribution in [2.45, 2.75) is 50.1 Å². The quantitative estimate of drug-likeness (QED) is 0.500. The fourth-order valence-electron chi connectivity index (χ4n) is 2.85. The first kappa shape index (κ1) is 20.4. The van der Waals surface area contributed by atoms with Crippen LogP contribution in [0.2, 0.25) is 0 Å². The number of thioether (sulfide) groups is 1. The number of nitrogens with zero attached hydrogens (tertiary/aromatic N) is 3. The topological polar surface area (TPSA) is 39.9 Å². The average molecular weight is 400 g/mol. The minimum Gasteiger partial charge on any atom is -0.483 e. The van der Waals surface area contributed by atoms with E-state index in [2.05, 4.69) is 43.1 Å². The first-order valence-corrected chi connectivity index (χ1v) is 10.3. The Balaban J connectivity index is 1.66. The predicted octanol–water partition coefficient (Wildman–Crippen LogP) is 5.68. The van der Waals surface area contributed by atoms with E-state index in [0.717, 1.165) is 16.7 Å². The summed E-state index contributed by atoms with van der Waals surface area (Å²) in [4.78, 5) is 0. The summed E-state index contributed by atoms with van der Waals surface area (Å²) in [7, 11) is 1.90. The van der Waals surface area contributed by atoms with Crippen LogP contribution in [0.3, 0.4) is 0 Å². The summed E-state index contributed by atoms with van der Waals surface area (Å²) in [5, 5.41) is 9.25. The molecule has 1 aromatic heterocycles. The molecule has 0 aliphatic carbocycles. The van der Waals surface area contributed by atoms with Gasteiger partial charge in [-0.15, -0.1) is 10.2 Å². The van der Waals surface area contributed by atoms with E-state index >= 15 is 0 Å². The summed E-state index contributed by atoms with van der Waals surface area (Å²) < 4.78 is 21.7. The molecule has 1 heterocycles. The molecule has 0 radical (unpaired) electrons. The zero-order valence-corrected chi connectivity index (χ0v) is 17.8. The van der Waals surface area contributed by atoms with Gasteiger partial charge >= 0.3 is 0 Å². The van der Waals surface area contributed by atoms with Crippen LogP contribution in [0, 0.1) is 5.82 Å². The third kappa shape index (κ3) is 4.73. The Morgan fingerprint density at radius 2 is 1.75 bits per heavy atom. The summed E-state index contributed by atoms with van der Waals surface area (Å²) in [6.07, 6.45) is -0.249. The fourth-order valence-corrected chi connectivity index (χ4v) is 3.76. The molecule has 1 unspecified atom stereocenters. The summed E-state index contributed by atoms with van der Waals surface area (Å²) in [6.45, 7) is 8.51. The van der Waals surface area contributed by atoms with E-state index in [1.165, 1.54) is 23.4 Å². The highest BCUT2D eigenvalue weighted by Crippen LogP contribution is 2.28. The Kier molecular flexibility index (Phi) is 6.08. The van der Waals surface area contributed by atoms with Crippen LogP contribution in [0.1, 0.15) is 50.8 Å². The largest absolute Gasteiger partial charge is 0.483 e. The van der Waals surface area contributed by atoms with Crippen molar-refractivity contribution >= 4 is 11.8 Å². The number of aromatic nitrogens is 3. The van der Waals surface area contributed by atoms with Crippen molar-refractivity contribution in [2.24, 2.45) is 7.05 Å². The van der Waals surface area contributed by atoms with Crippen LogP contribution >= 0.6 is 11.8 Å². The number of rotatable bonds is 6. The van der Waals surface area contributed by atoms with Gasteiger partial charge in [-0.1, -0.05) is 62.9 Å². The van der Waals surface area contributed by atoms with E-state index < -0.39 is 0 Å². The van der Waals surface area contributed by atoms with Crippen LogP contribution in [-0.4, -0.2) is 14.8 Å². The Hall–Kier alpha value is -2.34. The monoisotopic (exact) mass is 399 g/mol. The highest BCUT2D eigenvalue weighted by atomic mass is 32.2. The SMILES string of the molecule is CC(Oc1ccc(C(C)(C)C)cc1)c1nnc(SCc2ccccc2F)n1C. The molecule has 0 aliphatic heterocycles. The van der Waals surface area contributed by atoms with Crippen molar-refractivity contribution in [2.75, 3.05) is 0 Å². The molecular formula is C22H26FN3OS. The Morgan fingerprint density at radius 3 is 2.39 bits per heavy atom. The molecule has 4 nitrogen and oxygen atoms in total. The Morgan fingerprint density at radius 1 is 1.07 bits per heavy atom. The van der Waals surface area contributed by atoms with Gasteiger partial charge in [0.1, 0.15) is 11.6 Å². The maximum atomic E-state index is 13.8. The van der Waals surface area contributed by atoms with Crippen molar-refractivity contribution in [1.82, 2.24) is 14.8 Å². The zero-order chi connectivity index (χ0) is 20.3. The van der Waals surface area contributed by atoms with Gasteiger partial charge in [0.15, 0.2) is 17.1 Å². The predicted molar refractivity (Wildman–Crippen MR) is 111 cm³/mol. The molecule has 6 heteroatoms. The van der Waals surface area contributed by atoms with Gasteiger partial charge in [0.2, 0.25) is 0 Å². The smallest absolute Gasteiger partial charge is 0.191 e. The van der Waals surface area contributed by atoms with Crippen LogP contribution in [0.15, 0.2) is 53.7 Å². The lowest BCUT2D eigenvalue weighted by atomic mass is 9.87. The summed E-state index contributed by atoms with van der Waals surface area (Å²) in [5.74, 6) is 1.83. The average Bonchev–Trinajstić information content (AvgIpc) is 3.01. The van der Waals surface area contributed by atoms with E-state index in [1.807, 2.05) is 36.7 Å². The lowest BCUT2D eigenvalue weighted by Crippen LogP contribution is -2.12. The molecule has 0 saturated carbocycles. The molecular weight excluding hydrogens is 373 g/mol. The first-order chi connectivity index (χ1) is 13.3. The molecule has 0 N–H and O–H groups in total. The van der Waals surface area contributed by atoms with Crippen LogP contribution in [-0.2, 0) is 18.2 Å². The standard InChI is InChI=1S/C22H26FN3OS/c1-15(27-18-12-10-17(11-13-18)22(2,3)4)20-24-25-21(26(20)5)28-14-16-8-6-7-9-19(16)23/h6-13,15H,14H2,1-5H3. The van der Waals surface area contributed by atoms with Gasteiger partial charge in [-0.3, -0.25) is 0 Å². The van der Waals surface area contributed by atoms with Gasteiger partial charge in [0, 0.05) is 12.8 Å². The van der Waals surface area contributed by atoms with E-state index in [9.17, 15) is 4.39 Å². The van der Waals surface area contributed by atoms with E-state index in [4.69, 9.17) is 4.74 Å². The molecule has 148 valence electrons. The molecule has 1 atom stereocenters. The second kappa shape index (κ2) is 8.35. The third-order valence-electron chi connectivity index (χ3n) is 4.58. The minimum atomic E-state index is -0.249. The summed E-state index contributed by atoms with van der Waals surface area (Å²) in [5.41, 5.74) is 2.02. The second-order valence-corrected chi connectivity index (χ2v) is 8.76. The maximum Gasteiger partial charge on any atom is 0.191 e. The van der Waals surface area contributed by atoms with Gasteiger partial charge < -0.3 is 9.30 Å². The van der Waals surface area contributed by atoms with Crippen LogP contribution < -0.4 is 4.74 Å². The lowest BCUT2D eigenvalue weighted by Gasteiger charge is -2.20. The molecule has 3 rings (SSSR count). The molecule has 0 saturated heterocycles. The van der Waals surface area contributed by atoms with Crippen molar-refractivity contribution in [3.63, 3.8) is 0 Å². The van der Waals surface area contributed by atoms with Crippen molar-refractivity contribution in [1.29, 1.82) is 0 Å². The molecule has 2 aromatic carbocycles. The van der Waals surface area contributed by atoms with Crippen LogP contribution in [0.5, 0.6) is 5.75 Å². The van der Waals surface area contributed by atoms with Gasteiger partial charge in [0.25, 0.3) is 0 Å². The van der Waals surface area contributed by atoms with E-state index in [-0.39, 0.29) is 17.3 Å². The number of ether oxygens (including phenoxy) is 1. The van der Waals surface area contributed by atoms with E-state index in [0.29, 0.717) is 11.3 Å². The number of halogens is 1. The van der Waals surface area contributed by atoms with Gasteiger partial charge in [-0.2, -0.15) is 0 Å². The van der Waals surface area contributed by atoms with Crippen molar-refractivity contribution in [3.05, 3.63) is 71.3 Å². The number of hydrogen-bond acceptors (Lipinski definition) is 4. The molecule has 0 aliphatic rings. The van der Waals surface area contributed by atoms with Crippen molar-refractivity contribution < 1.29 is 9.13 Å². The summed E-state index contributed by atoms with van der Waals surface area (Å²) >= 11 is 1.46. The number of hydrogen-bond donors (Lipinski definition) is 0. The minimum absolute atomic E-state index is 0.109. The lowest BCUT2D eigenvalue weighted by molar-refractivity contribution is 0.211. The molecule has 0 amide bonds. The molecule has 0 spiro atoms. The Labute approximate surface area is 170 Å². The first-order valence-electron chi connectivity index (χ1n) is 9.28. The molecule has 0 fully saturated rings. The van der Waals surface area contributed by atoms with Crippen molar-refractivity contribution in [3.8, 4) is 5.75 Å². The van der Waals surface area contributed by atoms with Gasteiger partial charge in [0.05, 0.1) is 0 Å². The Bertz CT molecular complexity index is 932. The number of benzene rings is 2. The van der Waals surface area contributed by atoms with E-state index in [1.54, 1.807) is 12.1 Å². The molecule has 3 aromatic rings. The highest BCUT2D eigenvalue weighted by Gasteiger charge is 2.18. The van der Waals surface area contributed by atoms with Crippen LogP contribution in [0.4, 0.5) is 4.39 Å². The van der Waals surface area contributed by atoms with Crippen LogP contribution in [0.25, 0.3) is 0 Å². The van der Waals surface area contributed by atoms with Gasteiger partial charge in [-0.05, 0) is 41.7 Å². The second-order valence-electron chi connectivity index (χ2n) is 7.81. The van der Waals surface area contributed by atoms with Gasteiger partial charge in [-0.25, -0.2) is 4.39 Å². The zero-order valence-electron chi connectivity index (χ0n) is 16.9. The maximum absolute atomic E-state index is 13.8.